The monoisotopic (exact) mass is 436 g/mol. The number of amides is 1. The predicted molar refractivity (Wildman–Crippen MR) is 108 cm³/mol. The molecule has 0 bridgehead atoms. The highest BCUT2D eigenvalue weighted by Gasteiger charge is 2.24. The molecule has 26 heavy (non-hydrogen) atoms. The molecule has 2 aromatic carbocycles. The van der Waals surface area contributed by atoms with Crippen LogP contribution in [0, 0.1) is 6.92 Å². The molecule has 2 aromatic rings. The Kier molecular flexibility index (Phi) is 6.70. The Morgan fingerprint density at radius 2 is 1.92 bits per heavy atom. The van der Waals surface area contributed by atoms with Gasteiger partial charge in [-0.25, -0.2) is 0 Å². The van der Waals surface area contributed by atoms with Crippen LogP contribution in [0.25, 0.3) is 0 Å². The number of nitrogens with one attached hydrogen (secondary N) is 1. The van der Waals surface area contributed by atoms with Crippen LogP contribution in [0.3, 0.4) is 0 Å². The van der Waals surface area contributed by atoms with Crippen molar-refractivity contribution in [2.75, 3.05) is 32.8 Å². The summed E-state index contributed by atoms with van der Waals surface area (Å²) in [5.41, 5.74) is 2.77. The number of hydrogen-bond donors (Lipinski definition) is 1. The molecule has 1 aliphatic heterocycles. The summed E-state index contributed by atoms with van der Waals surface area (Å²) in [5.74, 6) is -0.0674. The normalized spacial score (nSPS) is 16.3. The molecule has 0 saturated carbocycles. The van der Waals surface area contributed by atoms with Crippen LogP contribution < -0.4 is 5.32 Å². The van der Waals surface area contributed by atoms with E-state index in [4.69, 9.17) is 16.3 Å². The van der Waals surface area contributed by atoms with Gasteiger partial charge in [0.1, 0.15) is 0 Å². The highest BCUT2D eigenvalue weighted by molar-refractivity contribution is 9.10. The van der Waals surface area contributed by atoms with Gasteiger partial charge in [0.2, 0.25) is 0 Å². The van der Waals surface area contributed by atoms with Gasteiger partial charge in [-0.2, -0.15) is 0 Å². The van der Waals surface area contributed by atoms with E-state index in [1.165, 1.54) is 0 Å². The number of carbonyl (C=O) groups is 1. The number of morpholine rings is 1. The van der Waals surface area contributed by atoms with Crippen LogP contribution in [0.4, 0.5) is 0 Å². The summed E-state index contributed by atoms with van der Waals surface area (Å²) in [7, 11) is 0. The highest BCUT2D eigenvalue weighted by Crippen LogP contribution is 2.24. The Balaban J connectivity index is 1.77. The molecule has 1 amide bonds. The van der Waals surface area contributed by atoms with E-state index >= 15 is 0 Å². The fourth-order valence-corrected chi connectivity index (χ4v) is 4.00. The van der Waals surface area contributed by atoms with Crippen molar-refractivity contribution in [2.45, 2.75) is 13.0 Å². The fourth-order valence-electron chi connectivity index (χ4n) is 3.23. The van der Waals surface area contributed by atoms with Crippen LogP contribution in [-0.4, -0.2) is 43.7 Å². The van der Waals surface area contributed by atoms with E-state index in [9.17, 15) is 4.79 Å². The van der Waals surface area contributed by atoms with Gasteiger partial charge < -0.3 is 10.1 Å². The van der Waals surface area contributed by atoms with Gasteiger partial charge >= 0.3 is 0 Å². The van der Waals surface area contributed by atoms with Crippen molar-refractivity contribution in [2.24, 2.45) is 0 Å². The molecule has 0 aliphatic carbocycles. The Morgan fingerprint density at radius 3 is 2.58 bits per heavy atom. The molecule has 4 nitrogen and oxygen atoms in total. The van der Waals surface area contributed by atoms with Gasteiger partial charge in [0.15, 0.2) is 0 Å². The number of nitrogens with zero attached hydrogens (tertiary/aromatic N) is 1. The number of rotatable bonds is 5. The fraction of sp³-hybridized carbons (Fsp3) is 0.350. The first-order valence-electron chi connectivity index (χ1n) is 8.67. The number of hydrogen-bond acceptors (Lipinski definition) is 3. The van der Waals surface area contributed by atoms with Gasteiger partial charge in [-0.15, -0.1) is 0 Å². The second kappa shape index (κ2) is 9.00. The second-order valence-electron chi connectivity index (χ2n) is 6.36. The van der Waals surface area contributed by atoms with Gasteiger partial charge in [0.25, 0.3) is 5.91 Å². The zero-order chi connectivity index (χ0) is 18.5. The lowest BCUT2D eigenvalue weighted by Gasteiger charge is -2.35. The molecule has 1 saturated heterocycles. The van der Waals surface area contributed by atoms with Gasteiger partial charge in [-0.1, -0.05) is 35.9 Å². The molecule has 1 aliphatic rings. The minimum Gasteiger partial charge on any atom is -0.379 e. The quantitative estimate of drug-likeness (QED) is 0.762. The van der Waals surface area contributed by atoms with E-state index in [1.54, 1.807) is 0 Å². The van der Waals surface area contributed by atoms with Crippen LogP contribution >= 0.6 is 27.5 Å². The number of aryl methyl sites for hydroxylation is 1. The van der Waals surface area contributed by atoms with Crippen molar-refractivity contribution < 1.29 is 9.53 Å². The lowest BCUT2D eigenvalue weighted by molar-refractivity contribution is 0.0162. The predicted octanol–water partition coefficient (Wildman–Crippen LogP) is 4.21. The first-order chi connectivity index (χ1) is 12.6. The molecule has 1 atom stereocenters. The van der Waals surface area contributed by atoms with Gasteiger partial charge in [-0.3, -0.25) is 9.69 Å². The number of benzene rings is 2. The average Bonchev–Trinajstić information content (AvgIpc) is 2.64. The first-order valence-corrected chi connectivity index (χ1v) is 9.84. The van der Waals surface area contributed by atoms with Gasteiger partial charge in [0.05, 0.1) is 24.8 Å². The maximum Gasteiger partial charge on any atom is 0.252 e. The number of carbonyl (C=O) groups excluding carboxylic acids is 1. The van der Waals surface area contributed by atoms with E-state index in [2.05, 4.69) is 26.1 Å². The summed E-state index contributed by atoms with van der Waals surface area (Å²) in [6, 6.07) is 13.7. The van der Waals surface area contributed by atoms with Crippen LogP contribution in [0.1, 0.15) is 27.5 Å². The third kappa shape index (κ3) is 4.65. The first kappa shape index (κ1) is 19.4. The van der Waals surface area contributed by atoms with Crippen LogP contribution in [-0.2, 0) is 4.74 Å². The maximum atomic E-state index is 12.8. The van der Waals surface area contributed by atoms with Crippen LogP contribution in [0.15, 0.2) is 46.9 Å². The van der Waals surface area contributed by atoms with E-state index in [0.717, 1.165) is 28.7 Å². The molecule has 1 fully saturated rings. The molecule has 3 rings (SSSR count). The summed E-state index contributed by atoms with van der Waals surface area (Å²) >= 11 is 9.52. The molecular weight excluding hydrogens is 416 g/mol. The molecular formula is C20H22BrClN2O2. The van der Waals surface area contributed by atoms with Crippen molar-refractivity contribution in [3.63, 3.8) is 0 Å². The summed E-state index contributed by atoms with van der Waals surface area (Å²) in [5, 5.41) is 3.82. The average molecular weight is 438 g/mol. The van der Waals surface area contributed by atoms with Crippen molar-refractivity contribution in [3.05, 3.63) is 68.7 Å². The van der Waals surface area contributed by atoms with Crippen molar-refractivity contribution in [3.8, 4) is 0 Å². The smallest absolute Gasteiger partial charge is 0.252 e. The summed E-state index contributed by atoms with van der Waals surface area (Å²) in [6.45, 7) is 5.58. The van der Waals surface area contributed by atoms with Crippen molar-refractivity contribution in [1.82, 2.24) is 10.2 Å². The highest BCUT2D eigenvalue weighted by atomic mass is 79.9. The topological polar surface area (TPSA) is 41.6 Å². The van der Waals surface area contributed by atoms with E-state index in [0.29, 0.717) is 30.3 Å². The van der Waals surface area contributed by atoms with Crippen molar-refractivity contribution in [1.29, 1.82) is 0 Å². The Hall–Kier alpha value is -1.40. The molecule has 0 spiro atoms. The van der Waals surface area contributed by atoms with Gasteiger partial charge in [0, 0.05) is 29.1 Å². The number of halogens is 2. The van der Waals surface area contributed by atoms with E-state index in [1.807, 2.05) is 49.4 Å². The minimum atomic E-state index is -0.0674. The molecule has 138 valence electrons. The van der Waals surface area contributed by atoms with Gasteiger partial charge in [-0.05, 0) is 52.2 Å². The molecule has 1 unspecified atom stereocenters. The molecule has 0 radical (unpaired) electrons. The van der Waals surface area contributed by atoms with E-state index < -0.39 is 0 Å². The Bertz CT molecular complexity index is 741. The zero-order valence-corrected chi connectivity index (χ0v) is 17.0. The summed E-state index contributed by atoms with van der Waals surface area (Å²) in [6.07, 6.45) is 0. The largest absolute Gasteiger partial charge is 0.379 e. The summed E-state index contributed by atoms with van der Waals surface area (Å²) < 4.78 is 6.28. The third-order valence-corrected chi connectivity index (χ3v) is 5.56. The molecule has 0 aromatic heterocycles. The zero-order valence-electron chi connectivity index (χ0n) is 14.7. The SMILES string of the molecule is Cc1cccc(Br)c1C(=O)NCC(c1ccc(Cl)cc1)N1CCOCC1. The maximum absolute atomic E-state index is 12.8. The molecule has 1 heterocycles. The molecule has 6 heteroatoms. The van der Waals surface area contributed by atoms with Crippen molar-refractivity contribution >= 4 is 33.4 Å². The molecule has 1 N–H and O–H groups in total. The van der Waals surface area contributed by atoms with Crippen LogP contribution in [0.2, 0.25) is 5.02 Å². The lowest BCUT2D eigenvalue weighted by Crippen LogP contribution is -2.44. The Labute approximate surface area is 167 Å². The Morgan fingerprint density at radius 1 is 1.23 bits per heavy atom. The third-order valence-electron chi connectivity index (χ3n) is 4.65. The summed E-state index contributed by atoms with van der Waals surface area (Å²) in [4.78, 5) is 15.1. The second-order valence-corrected chi connectivity index (χ2v) is 7.65. The minimum absolute atomic E-state index is 0.0674. The van der Waals surface area contributed by atoms with Crippen LogP contribution in [0.5, 0.6) is 0 Å². The van der Waals surface area contributed by atoms with E-state index in [-0.39, 0.29) is 11.9 Å². The number of ether oxygens (including phenoxy) is 1. The lowest BCUT2D eigenvalue weighted by atomic mass is 10.0. The standard InChI is InChI=1S/C20H22BrClN2O2/c1-14-3-2-4-17(21)19(14)20(25)23-13-18(24-9-11-26-12-10-24)15-5-7-16(22)8-6-15/h2-8,18H,9-13H2,1H3,(H,23,25).